The molecule has 0 bridgehead atoms. The molecule has 0 aromatic heterocycles. The number of amides is 1. The Bertz CT molecular complexity index is 1150. The molecule has 3 aliphatic rings. The molecule has 0 unspecified atom stereocenters. The van der Waals surface area contributed by atoms with Gasteiger partial charge in [-0.05, 0) is 75.3 Å². The lowest BCUT2D eigenvalue weighted by molar-refractivity contribution is -0.125. The van der Waals surface area contributed by atoms with Crippen molar-refractivity contribution >= 4 is 44.9 Å². The monoisotopic (exact) mass is 510 g/mol. The van der Waals surface area contributed by atoms with Gasteiger partial charge in [-0.25, -0.2) is 4.79 Å². The molecule has 2 aromatic rings. The summed E-state index contributed by atoms with van der Waals surface area (Å²) in [6.07, 6.45) is 0.613. The molecule has 0 aliphatic carbocycles. The first-order valence-electron chi connectivity index (χ1n) is 11.3. The molecule has 7 nitrogen and oxygen atoms in total. The van der Waals surface area contributed by atoms with E-state index in [4.69, 9.17) is 9.84 Å². The minimum absolute atomic E-state index is 0.00461. The van der Waals surface area contributed by atoms with E-state index in [0.29, 0.717) is 24.3 Å². The molecule has 33 heavy (non-hydrogen) atoms. The molecule has 1 amide bonds. The van der Waals surface area contributed by atoms with Crippen LogP contribution in [0, 0.1) is 5.41 Å². The van der Waals surface area contributed by atoms with E-state index >= 15 is 0 Å². The van der Waals surface area contributed by atoms with Gasteiger partial charge in [-0.2, -0.15) is 10.1 Å². The van der Waals surface area contributed by atoms with Crippen molar-refractivity contribution in [1.82, 2.24) is 4.90 Å². The number of carbonyl (C=O) groups is 2. The van der Waals surface area contributed by atoms with E-state index in [0.717, 1.165) is 35.4 Å². The van der Waals surface area contributed by atoms with Crippen LogP contribution >= 0.6 is 15.9 Å². The van der Waals surface area contributed by atoms with Gasteiger partial charge in [-0.1, -0.05) is 15.9 Å². The van der Waals surface area contributed by atoms with Crippen molar-refractivity contribution in [2.45, 2.75) is 26.3 Å². The summed E-state index contributed by atoms with van der Waals surface area (Å²) in [6.45, 7) is 6.68. The second-order valence-corrected chi connectivity index (χ2v) is 9.88. The summed E-state index contributed by atoms with van der Waals surface area (Å²) < 4.78 is 6.08. The molecule has 3 heterocycles. The number of hydrazone groups is 1. The number of hydrogen-bond acceptors (Lipinski definition) is 6. The fraction of sp³-hybridized carbons (Fsp3) is 0.400. The van der Waals surface area contributed by atoms with Crippen LogP contribution in [0.2, 0.25) is 0 Å². The number of anilines is 2. The minimum Gasteiger partial charge on any atom is -0.462 e. The third-order valence-electron chi connectivity index (χ3n) is 7.07. The molecule has 2 aromatic carbocycles. The van der Waals surface area contributed by atoms with Crippen LogP contribution in [0.3, 0.4) is 0 Å². The van der Waals surface area contributed by atoms with Crippen molar-refractivity contribution in [2.24, 2.45) is 10.5 Å². The lowest BCUT2D eigenvalue weighted by atomic mass is 9.67. The lowest BCUT2D eigenvalue weighted by Gasteiger charge is -2.52. The number of fused-ring (bicyclic) bond motifs is 4. The molecule has 172 valence electrons. The van der Waals surface area contributed by atoms with E-state index in [2.05, 4.69) is 51.0 Å². The number of carbonyl (C=O) groups excluding carboxylic acids is 2. The molecule has 3 aliphatic heterocycles. The maximum Gasteiger partial charge on any atom is 0.338 e. The second-order valence-electron chi connectivity index (χ2n) is 8.96. The van der Waals surface area contributed by atoms with Crippen LogP contribution in [0.25, 0.3) is 0 Å². The minimum atomic E-state index is -0.734. The van der Waals surface area contributed by atoms with Gasteiger partial charge in [0.25, 0.3) is 5.91 Å². The number of rotatable bonds is 3. The Kier molecular flexibility index (Phi) is 5.53. The zero-order valence-corrected chi connectivity index (χ0v) is 20.6. The highest BCUT2D eigenvalue weighted by atomic mass is 79.9. The van der Waals surface area contributed by atoms with Gasteiger partial charge >= 0.3 is 5.97 Å². The van der Waals surface area contributed by atoms with Gasteiger partial charge in [-0.15, -0.1) is 0 Å². The standard InChI is InChI=1S/C25H27BrN4O3/c1-4-33-23(31)17-5-8-20(9-6-17)30-24(32)25(16(2)27-30)14-18-13-19(26)7-10-21(18)29-12-11-28(3)15-22(25)29/h5-10,13,22H,4,11-12,14-15H2,1-3H3/t22-,25-/m0/s1. The molecule has 2 atom stereocenters. The Morgan fingerprint density at radius 2 is 1.97 bits per heavy atom. The van der Waals surface area contributed by atoms with Gasteiger partial charge in [0.2, 0.25) is 0 Å². The quantitative estimate of drug-likeness (QED) is 0.588. The number of esters is 1. The van der Waals surface area contributed by atoms with Gasteiger partial charge in [0.15, 0.2) is 0 Å². The highest BCUT2D eigenvalue weighted by Crippen LogP contribution is 2.48. The van der Waals surface area contributed by atoms with Gasteiger partial charge in [0.1, 0.15) is 5.41 Å². The van der Waals surface area contributed by atoms with Gasteiger partial charge in [0, 0.05) is 29.8 Å². The maximum absolute atomic E-state index is 14.1. The molecular weight excluding hydrogens is 484 g/mol. The molecule has 5 rings (SSSR count). The fourth-order valence-electron chi connectivity index (χ4n) is 5.37. The van der Waals surface area contributed by atoms with Crippen molar-refractivity contribution in [3.05, 3.63) is 58.1 Å². The number of hydrogen-bond donors (Lipinski definition) is 0. The third kappa shape index (κ3) is 3.47. The number of halogens is 1. The smallest absolute Gasteiger partial charge is 0.338 e. The van der Waals surface area contributed by atoms with E-state index in [9.17, 15) is 9.59 Å². The van der Waals surface area contributed by atoms with E-state index in [1.54, 1.807) is 31.2 Å². The van der Waals surface area contributed by atoms with Crippen LogP contribution in [0.5, 0.6) is 0 Å². The molecule has 1 saturated heterocycles. The first-order chi connectivity index (χ1) is 15.8. The third-order valence-corrected chi connectivity index (χ3v) is 7.56. The van der Waals surface area contributed by atoms with E-state index in [-0.39, 0.29) is 17.9 Å². The number of benzene rings is 2. The van der Waals surface area contributed by atoms with Crippen LogP contribution in [0.1, 0.15) is 29.8 Å². The van der Waals surface area contributed by atoms with Gasteiger partial charge < -0.3 is 14.5 Å². The molecule has 0 radical (unpaired) electrons. The summed E-state index contributed by atoms with van der Waals surface area (Å²) in [4.78, 5) is 30.9. The average Bonchev–Trinajstić information content (AvgIpc) is 3.05. The highest BCUT2D eigenvalue weighted by molar-refractivity contribution is 9.10. The Morgan fingerprint density at radius 3 is 2.70 bits per heavy atom. The Morgan fingerprint density at radius 1 is 1.21 bits per heavy atom. The predicted molar refractivity (Wildman–Crippen MR) is 132 cm³/mol. The van der Waals surface area contributed by atoms with Crippen molar-refractivity contribution < 1.29 is 14.3 Å². The molecule has 8 heteroatoms. The van der Waals surface area contributed by atoms with Crippen molar-refractivity contribution in [3.63, 3.8) is 0 Å². The SMILES string of the molecule is CCOC(=O)c1ccc(N2N=C(C)[C@]3(Cc4cc(Br)ccc4N4CCN(C)C[C@H]43)C2=O)cc1. The number of ether oxygens (including phenoxy) is 1. The largest absolute Gasteiger partial charge is 0.462 e. The molecule has 1 spiro atoms. The van der Waals surface area contributed by atoms with Gasteiger partial charge in [0.05, 0.1) is 29.6 Å². The predicted octanol–water partition coefficient (Wildman–Crippen LogP) is 3.71. The molecular formula is C25H27BrN4O3. The summed E-state index contributed by atoms with van der Waals surface area (Å²) in [5.41, 5.74) is 3.58. The first kappa shape index (κ1) is 22.1. The van der Waals surface area contributed by atoms with E-state index < -0.39 is 5.41 Å². The van der Waals surface area contributed by atoms with Crippen LogP contribution in [-0.4, -0.2) is 61.8 Å². The van der Waals surface area contributed by atoms with Crippen LogP contribution in [0.15, 0.2) is 52.0 Å². The Balaban J connectivity index is 1.54. The average molecular weight is 511 g/mol. The Hall–Kier alpha value is -2.71. The Labute approximate surface area is 202 Å². The van der Waals surface area contributed by atoms with E-state index in [1.807, 2.05) is 6.92 Å². The number of likely N-dealkylation sites (N-methyl/N-ethyl adjacent to an activating group) is 1. The maximum atomic E-state index is 14.1. The number of nitrogens with zero attached hydrogens (tertiary/aromatic N) is 4. The summed E-state index contributed by atoms with van der Waals surface area (Å²) in [5.74, 6) is -0.386. The summed E-state index contributed by atoms with van der Waals surface area (Å²) in [6, 6.07) is 13.3. The zero-order chi connectivity index (χ0) is 23.3. The molecule has 1 fully saturated rings. The number of piperazine rings is 1. The molecule has 0 N–H and O–H groups in total. The van der Waals surface area contributed by atoms with Crippen molar-refractivity contribution in [3.8, 4) is 0 Å². The van der Waals surface area contributed by atoms with Crippen molar-refractivity contribution in [1.29, 1.82) is 0 Å². The second kappa shape index (κ2) is 8.25. The van der Waals surface area contributed by atoms with Crippen LogP contribution < -0.4 is 9.91 Å². The summed E-state index contributed by atoms with van der Waals surface area (Å²) in [5, 5.41) is 6.28. The first-order valence-corrected chi connectivity index (χ1v) is 12.1. The van der Waals surface area contributed by atoms with E-state index in [1.165, 1.54) is 10.7 Å². The van der Waals surface area contributed by atoms with Crippen LogP contribution in [-0.2, 0) is 16.0 Å². The van der Waals surface area contributed by atoms with Crippen molar-refractivity contribution in [2.75, 3.05) is 43.2 Å². The zero-order valence-electron chi connectivity index (χ0n) is 19.0. The fourth-order valence-corrected chi connectivity index (χ4v) is 5.78. The molecule has 0 saturated carbocycles. The highest BCUT2D eigenvalue weighted by Gasteiger charge is 2.59. The summed E-state index contributed by atoms with van der Waals surface area (Å²) in [7, 11) is 2.11. The topological polar surface area (TPSA) is 65.5 Å². The normalized spacial score (nSPS) is 24.5. The lowest BCUT2D eigenvalue weighted by Crippen LogP contribution is -2.66. The summed E-state index contributed by atoms with van der Waals surface area (Å²) >= 11 is 3.60. The van der Waals surface area contributed by atoms with Crippen LogP contribution in [0.4, 0.5) is 11.4 Å². The van der Waals surface area contributed by atoms with Gasteiger partial charge in [-0.3, -0.25) is 4.79 Å².